The summed E-state index contributed by atoms with van der Waals surface area (Å²) < 4.78 is 0. The summed E-state index contributed by atoms with van der Waals surface area (Å²) in [5.74, 6) is -0.183. The maximum absolute atomic E-state index is 11.6. The summed E-state index contributed by atoms with van der Waals surface area (Å²) in [7, 11) is 3.58. The van der Waals surface area contributed by atoms with Crippen LogP contribution in [0.4, 0.5) is 0 Å². The van der Waals surface area contributed by atoms with Gasteiger partial charge in [-0.15, -0.1) is 0 Å². The number of rotatable bonds is 6. The molecule has 0 aromatic carbocycles. The third-order valence-corrected chi connectivity index (χ3v) is 3.01. The van der Waals surface area contributed by atoms with Gasteiger partial charge in [-0.3, -0.25) is 9.69 Å². The Kier molecular flexibility index (Phi) is 5.79. The molecule has 5 heteroatoms. The van der Waals surface area contributed by atoms with Gasteiger partial charge in [0.1, 0.15) is 12.1 Å². The van der Waals surface area contributed by atoms with Crippen LogP contribution in [0.5, 0.6) is 0 Å². The second-order valence-electron chi connectivity index (χ2n) is 4.90. The zero-order chi connectivity index (χ0) is 14.4. The molecule has 0 aliphatic rings. The number of carbonyl (C=O) groups excluding carboxylic acids is 1. The maximum atomic E-state index is 11.6. The number of carbonyl (C=O) groups is 1. The Morgan fingerprint density at radius 2 is 1.95 bits per heavy atom. The molecule has 1 heterocycles. The highest BCUT2D eigenvalue weighted by atomic mass is 16.3. The van der Waals surface area contributed by atoms with E-state index in [1.807, 2.05) is 19.1 Å². The van der Waals surface area contributed by atoms with Crippen molar-refractivity contribution in [2.24, 2.45) is 5.92 Å². The van der Waals surface area contributed by atoms with E-state index in [2.05, 4.69) is 9.97 Å². The second kappa shape index (κ2) is 7.11. The zero-order valence-electron chi connectivity index (χ0n) is 11.8. The van der Waals surface area contributed by atoms with Gasteiger partial charge in [-0.2, -0.15) is 0 Å². The zero-order valence-corrected chi connectivity index (χ0v) is 11.8. The first-order valence-electron chi connectivity index (χ1n) is 6.21. The highest BCUT2D eigenvalue weighted by Gasteiger charge is 2.28. The summed E-state index contributed by atoms with van der Waals surface area (Å²) in [5, 5.41) is 10.3. The molecule has 0 saturated heterocycles. The Hall–Kier alpha value is -1.59. The van der Waals surface area contributed by atoms with Gasteiger partial charge in [0.2, 0.25) is 0 Å². The summed E-state index contributed by atoms with van der Waals surface area (Å²) >= 11 is 0. The molecule has 0 aliphatic carbocycles. The summed E-state index contributed by atoms with van der Waals surface area (Å²) in [6.45, 7) is 3.37. The second-order valence-corrected chi connectivity index (χ2v) is 4.90. The Morgan fingerprint density at radius 3 is 2.42 bits per heavy atom. The minimum absolute atomic E-state index is 0.0409. The van der Waals surface area contributed by atoms with Crippen LogP contribution < -0.4 is 0 Å². The molecule has 19 heavy (non-hydrogen) atoms. The third kappa shape index (κ3) is 4.54. The lowest BCUT2D eigenvalue weighted by atomic mass is 9.94. The van der Waals surface area contributed by atoms with Gasteiger partial charge in [0.15, 0.2) is 0 Å². The van der Waals surface area contributed by atoms with Crippen LogP contribution in [-0.4, -0.2) is 52.0 Å². The van der Waals surface area contributed by atoms with E-state index in [0.29, 0.717) is 0 Å². The predicted octanol–water partition coefficient (Wildman–Crippen LogP) is 1.01. The van der Waals surface area contributed by atoms with Crippen molar-refractivity contribution in [3.8, 4) is 0 Å². The molecule has 3 atom stereocenters. The lowest BCUT2D eigenvalue weighted by Gasteiger charge is -2.29. The summed E-state index contributed by atoms with van der Waals surface area (Å²) in [4.78, 5) is 21.1. The number of aromatic nitrogens is 2. The van der Waals surface area contributed by atoms with Gasteiger partial charge in [-0.25, -0.2) is 9.97 Å². The lowest BCUT2D eigenvalue weighted by Crippen LogP contribution is -2.46. The average molecular weight is 263 g/mol. The number of hydrogen-bond acceptors (Lipinski definition) is 5. The standard InChI is InChI=1S/C14H21N3O2/c1-10(5-6-12-7-15-9-16-8-12)14(19)13(11(2)18)17(3)4/h5-10,13-14,19H,1-4H3/b6-5+/t10-,13-,14-/m1/s1. The molecule has 1 rings (SSSR count). The van der Waals surface area contributed by atoms with Crippen LogP contribution >= 0.6 is 0 Å². The number of hydrogen-bond donors (Lipinski definition) is 1. The van der Waals surface area contributed by atoms with Crippen LogP contribution in [0.15, 0.2) is 24.8 Å². The van der Waals surface area contributed by atoms with Crippen molar-refractivity contribution in [2.45, 2.75) is 26.0 Å². The molecule has 1 aromatic rings. The van der Waals surface area contributed by atoms with Crippen LogP contribution in [0.2, 0.25) is 0 Å². The summed E-state index contributed by atoms with van der Waals surface area (Å²) in [5.41, 5.74) is 0.866. The van der Waals surface area contributed by atoms with Gasteiger partial charge < -0.3 is 5.11 Å². The van der Waals surface area contributed by atoms with E-state index in [4.69, 9.17) is 0 Å². The van der Waals surface area contributed by atoms with Gasteiger partial charge in [-0.05, 0) is 21.0 Å². The van der Waals surface area contributed by atoms with E-state index in [1.54, 1.807) is 31.4 Å². The fraction of sp³-hybridized carbons (Fsp3) is 0.500. The van der Waals surface area contributed by atoms with Crippen LogP contribution in [0.1, 0.15) is 19.4 Å². The highest BCUT2D eigenvalue weighted by molar-refractivity contribution is 5.82. The van der Waals surface area contributed by atoms with Crippen molar-refractivity contribution >= 4 is 11.9 Å². The summed E-state index contributed by atoms with van der Waals surface area (Å²) in [6.07, 6.45) is 7.82. The number of nitrogens with zero attached hydrogens (tertiary/aromatic N) is 3. The van der Waals surface area contributed by atoms with Crippen LogP contribution in [0, 0.1) is 5.92 Å². The minimum Gasteiger partial charge on any atom is -0.390 e. The first kappa shape index (κ1) is 15.5. The van der Waals surface area contributed by atoms with E-state index >= 15 is 0 Å². The molecule has 0 bridgehead atoms. The molecule has 0 amide bonds. The monoisotopic (exact) mass is 263 g/mol. The van der Waals surface area contributed by atoms with Gasteiger partial charge in [0.25, 0.3) is 0 Å². The van der Waals surface area contributed by atoms with Gasteiger partial charge in [0.05, 0.1) is 12.1 Å². The van der Waals surface area contributed by atoms with Crippen LogP contribution in [0.3, 0.4) is 0 Å². The number of ketones is 1. The number of aliphatic hydroxyl groups excluding tert-OH is 1. The predicted molar refractivity (Wildman–Crippen MR) is 74.4 cm³/mol. The third-order valence-electron chi connectivity index (χ3n) is 3.01. The van der Waals surface area contributed by atoms with E-state index < -0.39 is 12.1 Å². The lowest BCUT2D eigenvalue weighted by molar-refractivity contribution is -0.125. The van der Waals surface area contributed by atoms with E-state index in [0.717, 1.165) is 5.56 Å². The molecule has 104 valence electrons. The summed E-state index contributed by atoms with van der Waals surface area (Å²) in [6, 6.07) is -0.494. The Labute approximate surface area is 114 Å². The van der Waals surface area contributed by atoms with Crippen molar-refractivity contribution < 1.29 is 9.90 Å². The molecule has 0 aliphatic heterocycles. The Balaban J connectivity index is 2.74. The quantitative estimate of drug-likeness (QED) is 0.829. The van der Waals surface area contributed by atoms with Crippen molar-refractivity contribution in [1.82, 2.24) is 14.9 Å². The smallest absolute Gasteiger partial charge is 0.149 e. The molecular formula is C14H21N3O2. The molecule has 0 saturated carbocycles. The maximum Gasteiger partial charge on any atom is 0.149 e. The van der Waals surface area contributed by atoms with Crippen molar-refractivity contribution in [3.05, 3.63) is 30.4 Å². The van der Waals surface area contributed by atoms with Crippen molar-refractivity contribution in [1.29, 1.82) is 0 Å². The molecule has 1 aromatic heterocycles. The van der Waals surface area contributed by atoms with Crippen LogP contribution in [-0.2, 0) is 4.79 Å². The first-order valence-corrected chi connectivity index (χ1v) is 6.21. The molecule has 0 unspecified atom stereocenters. The molecule has 0 fully saturated rings. The van der Waals surface area contributed by atoms with Crippen LogP contribution in [0.25, 0.3) is 6.08 Å². The number of aliphatic hydroxyl groups is 1. The van der Waals surface area contributed by atoms with Gasteiger partial charge >= 0.3 is 0 Å². The SMILES string of the molecule is CC(=O)[C@H]([C@H](O)[C@H](C)/C=C/c1cncnc1)N(C)C. The largest absolute Gasteiger partial charge is 0.390 e. The number of likely N-dealkylation sites (N-methyl/N-ethyl adjacent to an activating group) is 1. The van der Waals surface area contributed by atoms with E-state index in [9.17, 15) is 9.90 Å². The van der Waals surface area contributed by atoms with Crippen molar-refractivity contribution in [2.75, 3.05) is 14.1 Å². The minimum atomic E-state index is -0.742. The molecule has 5 nitrogen and oxygen atoms in total. The fourth-order valence-electron chi connectivity index (χ4n) is 1.97. The van der Waals surface area contributed by atoms with E-state index in [-0.39, 0.29) is 11.7 Å². The normalized spacial score (nSPS) is 16.5. The molecular weight excluding hydrogens is 242 g/mol. The average Bonchev–Trinajstić information content (AvgIpc) is 2.36. The van der Waals surface area contributed by atoms with Gasteiger partial charge in [0, 0.05) is 23.9 Å². The topological polar surface area (TPSA) is 66.3 Å². The van der Waals surface area contributed by atoms with Crippen molar-refractivity contribution in [3.63, 3.8) is 0 Å². The number of Topliss-reactive ketones (excluding diaryl/α,β-unsaturated/α-hetero) is 1. The Morgan fingerprint density at radius 1 is 1.37 bits per heavy atom. The fourth-order valence-corrected chi connectivity index (χ4v) is 1.97. The molecule has 0 radical (unpaired) electrons. The first-order chi connectivity index (χ1) is 8.93. The van der Waals surface area contributed by atoms with E-state index in [1.165, 1.54) is 13.3 Å². The molecule has 1 N–H and O–H groups in total. The molecule has 0 spiro atoms. The Bertz CT molecular complexity index is 432. The highest BCUT2D eigenvalue weighted by Crippen LogP contribution is 2.15. The van der Waals surface area contributed by atoms with Gasteiger partial charge in [-0.1, -0.05) is 19.1 Å².